The van der Waals surface area contributed by atoms with Crippen molar-refractivity contribution in [1.29, 1.82) is 0 Å². The molecule has 0 amide bonds. The van der Waals surface area contributed by atoms with Crippen LogP contribution in [0.4, 0.5) is 13.2 Å². The summed E-state index contributed by atoms with van der Waals surface area (Å²) in [6.45, 7) is -0.333. The third-order valence-corrected chi connectivity index (χ3v) is 3.01. The van der Waals surface area contributed by atoms with Crippen LogP contribution >= 0.6 is 0 Å². The molecule has 1 aliphatic heterocycles. The van der Waals surface area contributed by atoms with Gasteiger partial charge < -0.3 is 0 Å². The summed E-state index contributed by atoms with van der Waals surface area (Å²) in [5.41, 5.74) is -2.37. The molecule has 9 heteroatoms. The van der Waals surface area contributed by atoms with Crippen molar-refractivity contribution < 1.29 is 25.8 Å². The zero-order valence-electron chi connectivity index (χ0n) is 9.68. The van der Waals surface area contributed by atoms with Gasteiger partial charge in [0.05, 0.1) is 12.9 Å². The number of rotatable bonds is 4. The van der Waals surface area contributed by atoms with Crippen molar-refractivity contribution in [3.63, 3.8) is 0 Å². The molecule has 0 N–H and O–H groups in total. The van der Waals surface area contributed by atoms with E-state index in [4.69, 9.17) is 0 Å². The lowest BCUT2D eigenvalue weighted by atomic mass is 10.0. The van der Waals surface area contributed by atoms with Gasteiger partial charge in [0, 0.05) is 5.56 Å². The van der Waals surface area contributed by atoms with Crippen molar-refractivity contribution in [1.82, 2.24) is 0 Å². The highest BCUT2D eigenvalue weighted by Crippen LogP contribution is 2.52. The number of nitrogens with zero attached hydrogens (tertiary/aromatic N) is 2. The smallest absolute Gasteiger partial charge is 0.265 e. The highest BCUT2D eigenvalue weighted by atomic mass is 32.2. The summed E-state index contributed by atoms with van der Waals surface area (Å²) in [5.74, 6) is 0. The van der Waals surface area contributed by atoms with Crippen LogP contribution in [0.15, 0.2) is 34.5 Å². The average Bonchev–Trinajstić information content (AvgIpc) is 3.06. The van der Waals surface area contributed by atoms with Gasteiger partial charge in [-0.15, -0.1) is 10.2 Å². The molecule has 0 saturated carbocycles. The molecule has 0 fully saturated rings. The lowest BCUT2D eigenvalue weighted by Crippen LogP contribution is -2.30. The third-order valence-electron chi connectivity index (χ3n) is 2.46. The quantitative estimate of drug-likeness (QED) is 0.800. The van der Waals surface area contributed by atoms with Crippen LogP contribution in [0, 0.1) is 0 Å². The van der Waals surface area contributed by atoms with Gasteiger partial charge in [0.15, 0.2) is 0 Å². The summed E-state index contributed by atoms with van der Waals surface area (Å²) < 4.78 is 64.5. The number of halogens is 3. The van der Waals surface area contributed by atoms with Crippen LogP contribution in [0.1, 0.15) is 11.1 Å². The van der Waals surface area contributed by atoms with Crippen LogP contribution in [0.3, 0.4) is 0 Å². The first kappa shape index (κ1) is 13.9. The first-order chi connectivity index (χ1) is 8.64. The van der Waals surface area contributed by atoms with Crippen LogP contribution in [0.2, 0.25) is 0 Å². The van der Waals surface area contributed by atoms with Gasteiger partial charge in [0.1, 0.15) is 0 Å². The van der Waals surface area contributed by atoms with E-state index in [1.54, 1.807) is 0 Å². The van der Waals surface area contributed by atoms with Crippen molar-refractivity contribution in [2.75, 3.05) is 6.26 Å². The Hall–Kier alpha value is -1.48. The van der Waals surface area contributed by atoms with Crippen molar-refractivity contribution in [2.24, 2.45) is 10.2 Å². The second kappa shape index (κ2) is 4.27. The molecule has 19 heavy (non-hydrogen) atoms. The Kier molecular flexibility index (Phi) is 3.13. The van der Waals surface area contributed by atoms with E-state index in [9.17, 15) is 21.6 Å². The van der Waals surface area contributed by atoms with Gasteiger partial charge in [-0.1, -0.05) is 18.2 Å². The predicted octanol–water partition coefficient (Wildman–Crippen LogP) is 2.34. The Morgan fingerprint density at radius 1 is 1.32 bits per heavy atom. The molecule has 0 aliphatic carbocycles. The summed E-state index contributed by atoms with van der Waals surface area (Å²) in [6, 6.07) is 5.24. The lowest BCUT2D eigenvalue weighted by molar-refractivity contribution is -0.166. The van der Waals surface area contributed by atoms with Gasteiger partial charge in [-0.3, -0.25) is 4.18 Å². The highest BCUT2D eigenvalue weighted by Gasteiger charge is 2.65. The molecule has 2 rings (SSSR count). The molecule has 1 aliphatic rings. The Morgan fingerprint density at radius 2 is 1.95 bits per heavy atom. The van der Waals surface area contributed by atoms with Crippen molar-refractivity contribution in [3.05, 3.63) is 35.4 Å². The Bertz CT molecular complexity index is 619. The van der Waals surface area contributed by atoms with Crippen molar-refractivity contribution in [2.45, 2.75) is 18.4 Å². The van der Waals surface area contributed by atoms with E-state index in [1.165, 1.54) is 24.3 Å². The Balaban J connectivity index is 2.21. The van der Waals surface area contributed by atoms with E-state index in [1.807, 2.05) is 0 Å². The number of alkyl halides is 3. The van der Waals surface area contributed by atoms with Gasteiger partial charge in [-0.25, -0.2) is 0 Å². The monoisotopic (exact) mass is 294 g/mol. The first-order valence-corrected chi connectivity index (χ1v) is 6.90. The summed E-state index contributed by atoms with van der Waals surface area (Å²) in [5, 5.41) is 6.13. The van der Waals surface area contributed by atoms with E-state index in [2.05, 4.69) is 14.4 Å². The zero-order chi connectivity index (χ0) is 14.3. The van der Waals surface area contributed by atoms with E-state index in [-0.39, 0.29) is 12.2 Å². The minimum absolute atomic E-state index is 0.158. The molecular weight excluding hydrogens is 285 g/mol. The molecule has 0 bridgehead atoms. The van der Waals surface area contributed by atoms with Gasteiger partial charge in [-0.2, -0.15) is 21.6 Å². The van der Waals surface area contributed by atoms with Gasteiger partial charge in [-0.05, 0) is 11.6 Å². The first-order valence-electron chi connectivity index (χ1n) is 5.09. The SMILES string of the molecule is CS(=O)(=O)OCc1cccc(C2(C(F)(F)F)N=N2)c1. The average molecular weight is 294 g/mol. The van der Waals surface area contributed by atoms with Crippen LogP contribution in [-0.2, 0) is 26.6 Å². The van der Waals surface area contributed by atoms with Crippen LogP contribution in [0.5, 0.6) is 0 Å². The molecule has 0 spiro atoms. The van der Waals surface area contributed by atoms with E-state index in [0.29, 0.717) is 5.56 Å². The minimum atomic E-state index is -4.61. The maximum atomic E-state index is 12.8. The fraction of sp³-hybridized carbons (Fsp3) is 0.400. The number of benzene rings is 1. The molecule has 0 unspecified atom stereocenters. The van der Waals surface area contributed by atoms with Gasteiger partial charge in [0.2, 0.25) is 0 Å². The molecule has 0 saturated heterocycles. The molecule has 1 aromatic carbocycles. The molecule has 0 atom stereocenters. The maximum absolute atomic E-state index is 12.8. The van der Waals surface area contributed by atoms with E-state index in [0.717, 1.165) is 6.26 Å². The van der Waals surface area contributed by atoms with E-state index >= 15 is 0 Å². The summed E-state index contributed by atoms with van der Waals surface area (Å²) in [6.07, 6.45) is -3.75. The minimum Gasteiger partial charge on any atom is -0.265 e. The topological polar surface area (TPSA) is 68.1 Å². The van der Waals surface area contributed by atoms with Crippen molar-refractivity contribution >= 4 is 10.1 Å². The fourth-order valence-corrected chi connectivity index (χ4v) is 1.85. The highest BCUT2D eigenvalue weighted by molar-refractivity contribution is 7.85. The van der Waals surface area contributed by atoms with Gasteiger partial charge in [0.25, 0.3) is 10.1 Å². The fourth-order valence-electron chi connectivity index (χ4n) is 1.50. The molecule has 0 radical (unpaired) electrons. The number of hydrogen-bond donors (Lipinski definition) is 0. The van der Waals surface area contributed by atoms with Gasteiger partial charge >= 0.3 is 11.8 Å². The Morgan fingerprint density at radius 3 is 2.42 bits per heavy atom. The molecule has 1 heterocycles. The molecular formula is C10H9F3N2O3S. The summed E-state index contributed by atoms with van der Waals surface area (Å²) in [7, 11) is -3.65. The molecule has 104 valence electrons. The standard InChI is InChI=1S/C10H9F3N2O3S/c1-19(16,17)18-6-7-3-2-4-8(5-7)9(14-15-9)10(11,12)13/h2-5H,6H2,1H3. The second-order valence-electron chi connectivity index (χ2n) is 4.04. The largest absolute Gasteiger partial charge is 0.442 e. The third kappa shape index (κ3) is 2.92. The maximum Gasteiger partial charge on any atom is 0.442 e. The molecule has 5 nitrogen and oxygen atoms in total. The molecule has 0 aromatic heterocycles. The lowest BCUT2D eigenvalue weighted by Gasteiger charge is -2.15. The second-order valence-corrected chi connectivity index (χ2v) is 5.68. The van der Waals surface area contributed by atoms with Crippen LogP contribution < -0.4 is 0 Å². The normalized spacial score (nSPS) is 17.5. The molecule has 1 aromatic rings. The van der Waals surface area contributed by atoms with Crippen LogP contribution in [-0.4, -0.2) is 20.8 Å². The summed E-state index contributed by atoms with van der Waals surface area (Å²) in [4.78, 5) is 0. The van der Waals surface area contributed by atoms with Crippen LogP contribution in [0.25, 0.3) is 0 Å². The zero-order valence-corrected chi connectivity index (χ0v) is 10.5. The van der Waals surface area contributed by atoms with Crippen molar-refractivity contribution in [3.8, 4) is 0 Å². The summed E-state index contributed by atoms with van der Waals surface area (Å²) >= 11 is 0. The number of hydrogen-bond acceptors (Lipinski definition) is 5. The Labute approximate surface area is 107 Å². The predicted molar refractivity (Wildman–Crippen MR) is 58.7 cm³/mol. The van der Waals surface area contributed by atoms with E-state index < -0.39 is 22.0 Å².